The zero-order valence-electron chi connectivity index (χ0n) is 11.3. The molecule has 0 saturated carbocycles. The van der Waals surface area contributed by atoms with Crippen molar-refractivity contribution >= 4 is 11.9 Å². The smallest absolute Gasteiger partial charge is 0.305 e. The van der Waals surface area contributed by atoms with Crippen LogP contribution in [0.25, 0.3) is 0 Å². The fourth-order valence-corrected chi connectivity index (χ4v) is 2.39. The summed E-state index contributed by atoms with van der Waals surface area (Å²) in [5.74, 6) is -0.880. The van der Waals surface area contributed by atoms with Crippen LogP contribution in [0.15, 0.2) is 0 Å². The minimum atomic E-state index is -0.860. The van der Waals surface area contributed by atoms with Gasteiger partial charge < -0.3 is 15.7 Å². The van der Waals surface area contributed by atoms with Gasteiger partial charge in [-0.2, -0.15) is 0 Å². The van der Waals surface area contributed by atoms with Gasteiger partial charge in [0.2, 0.25) is 5.91 Å². The highest BCUT2D eigenvalue weighted by Crippen LogP contribution is 2.26. The zero-order valence-corrected chi connectivity index (χ0v) is 11.3. The number of hydrogen-bond acceptors (Lipinski definition) is 3. The summed E-state index contributed by atoms with van der Waals surface area (Å²) in [6.07, 6.45) is 3.43. The second kappa shape index (κ2) is 6.73. The largest absolute Gasteiger partial charge is 0.481 e. The Balaban J connectivity index is 2.56. The van der Waals surface area contributed by atoms with E-state index in [4.69, 9.17) is 5.11 Å². The van der Waals surface area contributed by atoms with Crippen molar-refractivity contribution in [3.63, 3.8) is 0 Å². The molecule has 2 unspecified atom stereocenters. The number of amides is 1. The minimum Gasteiger partial charge on any atom is -0.481 e. The molecule has 3 N–H and O–H groups in total. The maximum absolute atomic E-state index is 12.2. The quantitative estimate of drug-likeness (QED) is 0.666. The summed E-state index contributed by atoms with van der Waals surface area (Å²) in [6, 6.07) is -0.251. The first-order valence-corrected chi connectivity index (χ1v) is 6.71. The van der Waals surface area contributed by atoms with Gasteiger partial charge in [-0.3, -0.25) is 9.59 Å². The van der Waals surface area contributed by atoms with E-state index >= 15 is 0 Å². The van der Waals surface area contributed by atoms with Gasteiger partial charge in [-0.05, 0) is 32.7 Å². The van der Waals surface area contributed by atoms with Gasteiger partial charge in [-0.1, -0.05) is 13.3 Å². The number of aliphatic carboxylic acids is 1. The van der Waals surface area contributed by atoms with Gasteiger partial charge in [0.1, 0.15) is 0 Å². The Morgan fingerprint density at radius 1 is 1.50 bits per heavy atom. The molecule has 1 fully saturated rings. The number of piperidine rings is 1. The Labute approximate surface area is 108 Å². The summed E-state index contributed by atoms with van der Waals surface area (Å²) in [5.41, 5.74) is -0.400. The maximum Gasteiger partial charge on any atom is 0.305 e. The normalized spacial score (nSPS) is 25.4. The van der Waals surface area contributed by atoms with Crippen LogP contribution in [0.3, 0.4) is 0 Å². The lowest BCUT2D eigenvalue weighted by atomic mass is 9.81. The van der Waals surface area contributed by atoms with Crippen LogP contribution in [0.4, 0.5) is 0 Å². The van der Waals surface area contributed by atoms with E-state index in [-0.39, 0.29) is 18.4 Å². The summed E-state index contributed by atoms with van der Waals surface area (Å²) in [6.45, 7) is 5.56. The lowest BCUT2D eigenvalue weighted by Gasteiger charge is -2.34. The second-order valence-electron chi connectivity index (χ2n) is 5.40. The molecule has 1 aliphatic rings. The molecule has 5 heteroatoms. The van der Waals surface area contributed by atoms with E-state index in [0.29, 0.717) is 13.0 Å². The molecule has 0 aromatic rings. The fraction of sp³-hybridized carbons (Fsp3) is 0.846. The molecule has 0 aromatic carbocycles. The molecular weight excluding hydrogens is 232 g/mol. The number of rotatable bonds is 6. The molecule has 104 valence electrons. The van der Waals surface area contributed by atoms with Crippen molar-refractivity contribution in [2.24, 2.45) is 5.41 Å². The van der Waals surface area contributed by atoms with E-state index in [1.54, 1.807) is 0 Å². The summed E-state index contributed by atoms with van der Waals surface area (Å²) < 4.78 is 0. The number of nitrogens with one attached hydrogen (secondary N) is 2. The molecule has 0 radical (unpaired) electrons. The Bertz CT molecular complexity index is 299. The predicted molar refractivity (Wildman–Crippen MR) is 69.3 cm³/mol. The highest BCUT2D eigenvalue weighted by Gasteiger charge is 2.35. The van der Waals surface area contributed by atoms with Gasteiger partial charge in [0.15, 0.2) is 0 Å². The summed E-state index contributed by atoms with van der Waals surface area (Å²) in [7, 11) is 0. The number of carbonyl (C=O) groups is 2. The Morgan fingerprint density at radius 3 is 2.72 bits per heavy atom. The minimum absolute atomic E-state index is 0.00306. The molecule has 18 heavy (non-hydrogen) atoms. The summed E-state index contributed by atoms with van der Waals surface area (Å²) in [4.78, 5) is 23.0. The highest BCUT2D eigenvalue weighted by molar-refractivity contribution is 5.83. The fourth-order valence-electron chi connectivity index (χ4n) is 2.39. The van der Waals surface area contributed by atoms with E-state index in [0.717, 1.165) is 25.8 Å². The van der Waals surface area contributed by atoms with Crippen molar-refractivity contribution in [3.05, 3.63) is 0 Å². The molecule has 0 aromatic heterocycles. The molecule has 1 amide bonds. The lowest BCUT2D eigenvalue weighted by Crippen LogP contribution is -2.51. The van der Waals surface area contributed by atoms with E-state index in [1.165, 1.54) is 0 Å². The third-order valence-corrected chi connectivity index (χ3v) is 3.54. The van der Waals surface area contributed by atoms with Crippen LogP contribution in [0, 0.1) is 5.41 Å². The number of carboxylic acids is 1. The third kappa shape index (κ3) is 4.29. The molecule has 0 aliphatic carbocycles. The molecule has 1 aliphatic heterocycles. The van der Waals surface area contributed by atoms with Gasteiger partial charge in [0, 0.05) is 12.6 Å². The lowest BCUT2D eigenvalue weighted by molar-refractivity contribution is -0.138. The van der Waals surface area contributed by atoms with E-state index < -0.39 is 11.4 Å². The van der Waals surface area contributed by atoms with Crippen LogP contribution < -0.4 is 10.6 Å². The first-order valence-electron chi connectivity index (χ1n) is 6.71. The van der Waals surface area contributed by atoms with Crippen LogP contribution in [0.5, 0.6) is 0 Å². The van der Waals surface area contributed by atoms with Gasteiger partial charge >= 0.3 is 5.97 Å². The average Bonchev–Trinajstić information content (AvgIpc) is 2.29. The number of carboxylic acid groups (broad SMARTS) is 1. The number of hydrogen-bond donors (Lipinski definition) is 3. The first kappa shape index (κ1) is 15.0. The van der Waals surface area contributed by atoms with Crippen molar-refractivity contribution < 1.29 is 14.7 Å². The molecule has 0 bridgehead atoms. The van der Waals surface area contributed by atoms with Crippen LogP contribution in [-0.4, -0.2) is 36.1 Å². The second-order valence-corrected chi connectivity index (χ2v) is 5.40. The highest BCUT2D eigenvalue weighted by atomic mass is 16.4. The average molecular weight is 256 g/mol. The Hall–Kier alpha value is -1.10. The van der Waals surface area contributed by atoms with E-state index in [2.05, 4.69) is 10.6 Å². The maximum atomic E-state index is 12.2. The van der Waals surface area contributed by atoms with Gasteiger partial charge in [0.05, 0.1) is 11.8 Å². The molecule has 1 rings (SSSR count). The summed E-state index contributed by atoms with van der Waals surface area (Å²) >= 11 is 0. The molecule has 2 atom stereocenters. The Kier molecular flexibility index (Phi) is 5.59. The SMILES string of the molecule is CCCC(CC(=O)O)NC(=O)C1(C)CCCNC1. The molecule has 0 spiro atoms. The van der Waals surface area contributed by atoms with Gasteiger partial charge in [-0.25, -0.2) is 0 Å². The van der Waals surface area contributed by atoms with Crippen molar-refractivity contribution in [1.82, 2.24) is 10.6 Å². The van der Waals surface area contributed by atoms with Crippen molar-refractivity contribution in [1.29, 1.82) is 0 Å². The zero-order chi connectivity index (χ0) is 13.6. The topological polar surface area (TPSA) is 78.4 Å². The predicted octanol–water partition coefficient (Wildman–Crippen LogP) is 1.14. The van der Waals surface area contributed by atoms with Crippen LogP contribution in [-0.2, 0) is 9.59 Å². The van der Waals surface area contributed by atoms with Crippen molar-refractivity contribution in [3.8, 4) is 0 Å². The van der Waals surface area contributed by atoms with Crippen LogP contribution in [0.1, 0.15) is 46.0 Å². The van der Waals surface area contributed by atoms with Gasteiger partial charge in [-0.15, -0.1) is 0 Å². The Morgan fingerprint density at radius 2 is 2.22 bits per heavy atom. The van der Waals surface area contributed by atoms with Crippen LogP contribution >= 0.6 is 0 Å². The van der Waals surface area contributed by atoms with E-state index in [1.807, 2.05) is 13.8 Å². The molecule has 1 saturated heterocycles. The molecular formula is C13H24N2O3. The van der Waals surface area contributed by atoms with Gasteiger partial charge in [0.25, 0.3) is 0 Å². The standard InChI is InChI=1S/C13H24N2O3/c1-3-5-10(8-11(16)17)15-12(18)13(2)6-4-7-14-9-13/h10,14H,3-9H2,1-2H3,(H,15,18)(H,16,17). The first-order chi connectivity index (χ1) is 8.48. The third-order valence-electron chi connectivity index (χ3n) is 3.54. The van der Waals surface area contributed by atoms with Crippen LogP contribution in [0.2, 0.25) is 0 Å². The summed E-state index contributed by atoms with van der Waals surface area (Å²) in [5, 5.41) is 15.0. The van der Waals surface area contributed by atoms with E-state index in [9.17, 15) is 9.59 Å². The molecule has 5 nitrogen and oxygen atoms in total. The van der Waals surface area contributed by atoms with Crippen molar-refractivity contribution in [2.45, 2.75) is 52.0 Å². The monoisotopic (exact) mass is 256 g/mol. The van der Waals surface area contributed by atoms with Crippen molar-refractivity contribution in [2.75, 3.05) is 13.1 Å². The number of carbonyl (C=O) groups excluding carboxylic acids is 1. The molecule has 1 heterocycles.